The first kappa shape index (κ1) is 15.9. The van der Waals surface area contributed by atoms with Crippen molar-refractivity contribution in [2.75, 3.05) is 46.4 Å². The largest absolute Gasteiger partial charge is 0.497 e. The van der Waals surface area contributed by atoms with Crippen LogP contribution in [0.4, 0.5) is 0 Å². The Hall–Kier alpha value is -1.96. The highest BCUT2D eigenvalue weighted by Gasteiger charge is 2.19. The Morgan fingerprint density at radius 3 is 2.48 bits per heavy atom. The fourth-order valence-electron chi connectivity index (χ4n) is 2.72. The third kappa shape index (κ3) is 4.07. The molecule has 3 rings (SSSR count). The first-order valence-electron chi connectivity index (χ1n) is 7.90. The number of rotatable bonds is 6. The molecule has 1 aromatic carbocycles. The van der Waals surface area contributed by atoms with E-state index in [9.17, 15) is 0 Å². The van der Waals surface area contributed by atoms with Crippen LogP contribution in [0.2, 0.25) is 0 Å². The second-order valence-corrected chi connectivity index (χ2v) is 5.65. The lowest BCUT2D eigenvalue weighted by Crippen LogP contribution is -2.47. The number of nitrogens with zero attached hydrogens (tertiary/aromatic N) is 4. The van der Waals surface area contributed by atoms with Crippen molar-refractivity contribution >= 4 is 0 Å². The predicted molar refractivity (Wildman–Crippen MR) is 87.1 cm³/mol. The number of benzene rings is 1. The van der Waals surface area contributed by atoms with Gasteiger partial charge in [0.2, 0.25) is 11.7 Å². The van der Waals surface area contributed by atoms with Crippen molar-refractivity contribution in [1.82, 2.24) is 19.9 Å². The normalized spacial score (nSPS) is 16.6. The summed E-state index contributed by atoms with van der Waals surface area (Å²) < 4.78 is 10.5. The second-order valence-electron chi connectivity index (χ2n) is 5.65. The number of ether oxygens (including phenoxy) is 1. The summed E-state index contributed by atoms with van der Waals surface area (Å²) in [5, 5.41) is 4.07. The molecule has 0 spiro atoms. The molecule has 124 valence electrons. The number of aromatic nitrogens is 2. The van der Waals surface area contributed by atoms with E-state index in [4.69, 9.17) is 15.0 Å². The molecule has 1 aliphatic heterocycles. The van der Waals surface area contributed by atoms with Gasteiger partial charge < -0.3 is 15.0 Å². The fraction of sp³-hybridized carbons (Fsp3) is 0.500. The second kappa shape index (κ2) is 7.54. The zero-order valence-corrected chi connectivity index (χ0v) is 13.4. The van der Waals surface area contributed by atoms with Crippen LogP contribution < -0.4 is 10.5 Å². The van der Waals surface area contributed by atoms with Crippen molar-refractivity contribution in [2.45, 2.75) is 6.54 Å². The highest BCUT2D eigenvalue weighted by atomic mass is 16.5. The maximum absolute atomic E-state index is 5.60. The molecule has 23 heavy (non-hydrogen) atoms. The van der Waals surface area contributed by atoms with Gasteiger partial charge in [0.05, 0.1) is 13.7 Å². The summed E-state index contributed by atoms with van der Waals surface area (Å²) in [4.78, 5) is 9.21. The summed E-state index contributed by atoms with van der Waals surface area (Å²) >= 11 is 0. The molecule has 2 aromatic rings. The number of hydrogen-bond donors (Lipinski definition) is 1. The van der Waals surface area contributed by atoms with Gasteiger partial charge >= 0.3 is 0 Å². The lowest BCUT2D eigenvalue weighted by molar-refractivity contribution is 0.119. The highest BCUT2D eigenvalue weighted by molar-refractivity contribution is 5.55. The van der Waals surface area contributed by atoms with Crippen LogP contribution in [-0.4, -0.2) is 66.3 Å². The first-order chi connectivity index (χ1) is 11.3. The maximum atomic E-state index is 5.60. The molecule has 0 unspecified atom stereocenters. The van der Waals surface area contributed by atoms with E-state index in [2.05, 4.69) is 19.9 Å². The number of nitrogens with two attached hydrogens (primary N) is 1. The number of piperazine rings is 1. The lowest BCUT2D eigenvalue weighted by Gasteiger charge is -2.33. The standard InChI is InChI=1S/C16H23N5O2/c1-22-14-4-2-13(3-5-14)16-18-15(23-19-16)12-21-10-8-20(7-6-17)9-11-21/h2-5H,6-12,17H2,1H3. The third-order valence-corrected chi connectivity index (χ3v) is 4.09. The van der Waals surface area contributed by atoms with Crippen LogP contribution in [0.25, 0.3) is 11.4 Å². The Balaban J connectivity index is 1.57. The topological polar surface area (TPSA) is 80.7 Å². The molecule has 0 amide bonds. The van der Waals surface area contributed by atoms with E-state index in [1.807, 2.05) is 24.3 Å². The Bertz CT molecular complexity index is 605. The minimum Gasteiger partial charge on any atom is -0.497 e. The van der Waals surface area contributed by atoms with E-state index in [0.717, 1.165) is 50.6 Å². The average Bonchev–Trinajstić information content (AvgIpc) is 3.05. The van der Waals surface area contributed by atoms with E-state index in [-0.39, 0.29) is 0 Å². The fourth-order valence-corrected chi connectivity index (χ4v) is 2.72. The van der Waals surface area contributed by atoms with Gasteiger partial charge in [0.1, 0.15) is 5.75 Å². The molecule has 1 aromatic heterocycles. The van der Waals surface area contributed by atoms with Crippen molar-refractivity contribution in [2.24, 2.45) is 5.73 Å². The molecule has 0 bridgehead atoms. The molecule has 7 heteroatoms. The SMILES string of the molecule is COc1ccc(-c2noc(CN3CCN(CCN)CC3)n2)cc1. The molecule has 2 heterocycles. The zero-order chi connectivity index (χ0) is 16.1. The van der Waals surface area contributed by atoms with E-state index in [1.54, 1.807) is 7.11 Å². The van der Waals surface area contributed by atoms with Gasteiger partial charge in [-0.1, -0.05) is 5.16 Å². The number of methoxy groups -OCH3 is 1. The minimum atomic E-state index is 0.615. The molecule has 1 aliphatic rings. The van der Waals surface area contributed by atoms with Gasteiger partial charge in [0.15, 0.2) is 0 Å². The molecule has 0 saturated carbocycles. The maximum Gasteiger partial charge on any atom is 0.241 e. The molecular weight excluding hydrogens is 294 g/mol. The monoisotopic (exact) mass is 317 g/mol. The summed E-state index contributed by atoms with van der Waals surface area (Å²) in [7, 11) is 1.65. The molecule has 2 N–H and O–H groups in total. The molecule has 0 radical (unpaired) electrons. The van der Waals surface area contributed by atoms with E-state index >= 15 is 0 Å². The van der Waals surface area contributed by atoms with Crippen molar-refractivity contribution < 1.29 is 9.26 Å². The van der Waals surface area contributed by atoms with Crippen LogP contribution in [-0.2, 0) is 6.54 Å². The Labute approximate surface area is 136 Å². The molecule has 0 atom stereocenters. The van der Waals surface area contributed by atoms with Gasteiger partial charge in [-0.15, -0.1) is 0 Å². The minimum absolute atomic E-state index is 0.615. The molecule has 1 fully saturated rings. The van der Waals surface area contributed by atoms with Crippen LogP contribution in [0.3, 0.4) is 0 Å². The van der Waals surface area contributed by atoms with Crippen LogP contribution >= 0.6 is 0 Å². The van der Waals surface area contributed by atoms with Gasteiger partial charge in [0, 0.05) is 44.8 Å². The Kier molecular flexibility index (Phi) is 5.22. The Morgan fingerprint density at radius 2 is 1.83 bits per heavy atom. The highest BCUT2D eigenvalue weighted by Crippen LogP contribution is 2.20. The van der Waals surface area contributed by atoms with Crippen LogP contribution in [0, 0.1) is 0 Å². The summed E-state index contributed by atoms with van der Waals surface area (Å²) in [5.41, 5.74) is 6.52. The van der Waals surface area contributed by atoms with Gasteiger partial charge in [-0.25, -0.2) is 0 Å². The van der Waals surface area contributed by atoms with Crippen LogP contribution in [0.15, 0.2) is 28.8 Å². The summed E-state index contributed by atoms with van der Waals surface area (Å²) in [5.74, 6) is 2.08. The quantitative estimate of drug-likeness (QED) is 0.845. The molecule has 7 nitrogen and oxygen atoms in total. The predicted octanol–water partition coefficient (Wildman–Crippen LogP) is 0.822. The van der Waals surface area contributed by atoms with Crippen molar-refractivity contribution in [3.05, 3.63) is 30.2 Å². The lowest BCUT2D eigenvalue weighted by atomic mass is 10.2. The molecule has 0 aliphatic carbocycles. The van der Waals surface area contributed by atoms with Gasteiger partial charge in [0.25, 0.3) is 0 Å². The van der Waals surface area contributed by atoms with Crippen molar-refractivity contribution in [1.29, 1.82) is 0 Å². The summed E-state index contributed by atoms with van der Waals surface area (Å²) in [6.45, 7) is 6.46. The first-order valence-corrected chi connectivity index (χ1v) is 7.90. The van der Waals surface area contributed by atoms with E-state index in [1.165, 1.54) is 0 Å². The van der Waals surface area contributed by atoms with Crippen LogP contribution in [0.1, 0.15) is 5.89 Å². The van der Waals surface area contributed by atoms with Crippen LogP contribution in [0.5, 0.6) is 5.75 Å². The molecule has 1 saturated heterocycles. The average molecular weight is 317 g/mol. The van der Waals surface area contributed by atoms with Crippen molar-refractivity contribution in [3.63, 3.8) is 0 Å². The summed E-state index contributed by atoms with van der Waals surface area (Å²) in [6, 6.07) is 7.64. The number of hydrogen-bond acceptors (Lipinski definition) is 7. The van der Waals surface area contributed by atoms with Gasteiger partial charge in [-0.3, -0.25) is 9.80 Å². The van der Waals surface area contributed by atoms with Gasteiger partial charge in [-0.2, -0.15) is 4.98 Å². The van der Waals surface area contributed by atoms with E-state index < -0.39 is 0 Å². The zero-order valence-electron chi connectivity index (χ0n) is 13.4. The third-order valence-electron chi connectivity index (χ3n) is 4.09. The summed E-state index contributed by atoms with van der Waals surface area (Å²) in [6.07, 6.45) is 0. The Morgan fingerprint density at radius 1 is 1.13 bits per heavy atom. The van der Waals surface area contributed by atoms with Gasteiger partial charge in [-0.05, 0) is 24.3 Å². The van der Waals surface area contributed by atoms with E-state index in [0.29, 0.717) is 18.3 Å². The van der Waals surface area contributed by atoms with Crippen molar-refractivity contribution in [3.8, 4) is 17.1 Å². The smallest absolute Gasteiger partial charge is 0.241 e. The molecular formula is C16H23N5O2.